The molecule has 2 aromatic heterocycles. The van der Waals surface area contributed by atoms with Gasteiger partial charge in [0.2, 0.25) is 5.89 Å². The number of urea groups is 1. The SMILES string of the molecule is C[C@@]1(c2cccc(-n3cnnn3)c2)NC(=O)N(Cc2ncc(-c3ccccc3)o2)C1=O. The van der Waals surface area contributed by atoms with Crippen molar-refractivity contribution in [3.8, 4) is 17.0 Å². The molecule has 154 valence electrons. The van der Waals surface area contributed by atoms with Crippen molar-refractivity contribution in [2.45, 2.75) is 19.0 Å². The summed E-state index contributed by atoms with van der Waals surface area (Å²) in [7, 11) is 0. The Morgan fingerprint density at radius 3 is 2.71 bits per heavy atom. The maximum atomic E-state index is 13.2. The Morgan fingerprint density at radius 2 is 1.94 bits per heavy atom. The number of hydrogen-bond donors (Lipinski definition) is 1. The van der Waals surface area contributed by atoms with E-state index in [1.165, 1.54) is 11.0 Å². The first-order valence-electron chi connectivity index (χ1n) is 9.53. The summed E-state index contributed by atoms with van der Waals surface area (Å²) >= 11 is 0. The number of hydrogen-bond acceptors (Lipinski definition) is 7. The standard InChI is InChI=1S/C21H17N7O3/c1-21(15-8-5-9-16(10-15)28-13-23-25-26-28)19(29)27(20(30)24-21)12-18-22-11-17(31-18)14-6-3-2-4-7-14/h2-11,13H,12H2,1H3,(H,24,30)/t21-/m0/s1. The fourth-order valence-electron chi connectivity index (χ4n) is 3.53. The monoisotopic (exact) mass is 415 g/mol. The largest absolute Gasteiger partial charge is 0.439 e. The maximum Gasteiger partial charge on any atom is 0.325 e. The van der Waals surface area contributed by atoms with E-state index in [2.05, 4.69) is 25.8 Å². The van der Waals surface area contributed by atoms with E-state index in [0.717, 1.165) is 10.5 Å². The summed E-state index contributed by atoms with van der Waals surface area (Å²) in [5.41, 5.74) is 0.904. The maximum absolute atomic E-state index is 13.2. The highest BCUT2D eigenvalue weighted by molar-refractivity contribution is 6.07. The van der Waals surface area contributed by atoms with E-state index >= 15 is 0 Å². The minimum atomic E-state index is -1.24. The van der Waals surface area contributed by atoms with E-state index in [0.29, 0.717) is 17.0 Å². The highest BCUT2D eigenvalue weighted by Gasteiger charge is 2.49. The van der Waals surface area contributed by atoms with Crippen molar-refractivity contribution >= 4 is 11.9 Å². The summed E-state index contributed by atoms with van der Waals surface area (Å²) in [5.74, 6) is 0.444. The van der Waals surface area contributed by atoms with Gasteiger partial charge in [0.05, 0.1) is 11.9 Å². The Bertz CT molecular complexity index is 1250. The second-order valence-corrected chi connectivity index (χ2v) is 7.24. The Labute approximate surface area is 176 Å². The van der Waals surface area contributed by atoms with Crippen molar-refractivity contribution < 1.29 is 14.0 Å². The number of nitrogens with zero attached hydrogens (tertiary/aromatic N) is 6. The molecular formula is C21H17N7O3. The van der Waals surface area contributed by atoms with Crippen LogP contribution >= 0.6 is 0 Å². The van der Waals surface area contributed by atoms with Crippen molar-refractivity contribution in [1.29, 1.82) is 0 Å². The van der Waals surface area contributed by atoms with Gasteiger partial charge in [-0.05, 0) is 35.0 Å². The second kappa shape index (κ2) is 7.17. The average molecular weight is 415 g/mol. The van der Waals surface area contributed by atoms with Crippen LogP contribution in [0.1, 0.15) is 18.4 Å². The van der Waals surface area contributed by atoms with E-state index in [9.17, 15) is 9.59 Å². The Kier molecular flexibility index (Phi) is 4.32. The van der Waals surface area contributed by atoms with Crippen LogP contribution < -0.4 is 5.32 Å². The Balaban J connectivity index is 1.40. The van der Waals surface area contributed by atoms with Gasteiger partial charge < -0.3 is 9.73 Å². The van der Waals surface area contributed by atoms with Gasteiger partial charge in [0.1, 0.15) is 18.4 Å². The molecule has 1 aliphatic rings. The fraction of sp³-hybridized carbons (Fsp3) is 0.143. The topological polar surface area (TPSA) is 119 Å². The lowest BCUT2D eigenvalue weighted by Gasteiger charge is -2.22. The average Bonchev–Trinajstić information content (AvgIpc) is 3.53. The summed E-state index contributed by atoms with van der Waals surface area (Å²) < 4.78 is 7.24. The zero-order valence-corrected chi connectivity index (χ0v) is 16.5. The van der Waals surface area contributed by atoms with Crippen LogP contribution in [0.5, 0.6) is 0 Å². The molecule has 3 heterocycles. The fourth-order valence-corrected chi connectivity index (χ4v) is 3.53. The van der Waals surface area contributed by atoms with Gasteiger partial charge >= 0.3 is 6.03 Å². The van der Waals surface area contributed by atoms with Crippen LogP contribution in [0.15, 0.2) is 71.5 Å². The quantitative estimate of drug-likeness (QED) is 0.497. The molecule has 0 bridgehead atoms. The molecule has 10 heteroatoms. The van der Waals surface area contributed by atoms with Crippen molar-refractivity contribution in [3.05, 3.63) is 78.6 Å². The van der Waals surface area contributed by atoms with E-state index in [4.69, 9.17) is 4.42 Å². The van der Waals surface area contributed by atoms with Crippen LogP contribution in [0.4, 0.5) is 4.79 Å². The molecule has 1 saturated heterocycles. The number of aromatic nitrogens is 5. The van der Waals surface area contributed by atoms with E-state index in [1.807, 2.05) is 30.3 Å². The molecule has 0 saturated carbocycles. The van der Waals surface area contributed by atoms with Crippen molar-refractivity contribution in [2.75, 3.05) is 0 Å². The number of tetrazole rings is 1. The molecule has 10 nitrogen and oxygen atoms in total. The lowest BCUT2D eigenvalue weighted by molar-refractivity contribution is -0.131. The third-order valence-corrected chi connectivity index (χ3v) is 5.22. The third kappa shape index (κ3) is 3.23. The first-order valence-corrected chi connectivity index (χ1v) is 9.53. The second-order valence-electron chi connectivity index (χ2n) is 7.24. The normalized spacial score (nSPS) is 18.4. The molecule has 3 amide bonds. The summed E-state index contributed by atoms with van der Waals surface area (Å²) in [6, 6.07) is 16.1. The summed E-state index contributed by atoms with van der Waals surface area (Å²) in [6.07, 6.45) is 3.04. The van der Waals surface area contributed by atoms with Gasteiger partial charge in [-0.3, -0.25) is 9.69 Å². The minimum absolute atomic E-state index is 0.0697. The number of amides is 3. The van der Waals surface area contributed by atoms with E-state index in [-0.39, 0.29) is 12.4 Å². The van der Waals surface area contributed by atoms with Crippen LogP contribution in [-0.4, -0.2) is 42.0 Å². The van der Waals surface area contributed by atoms with Gasteiger partial charge in [-0.15, -0.1) is 5.10 Å². The van der Waals surface area contributed by atoms with E-state index in [1.54, 1.807) is 37.4 Å². The van der Waals surface area contributed by atoms with Crippen molar-refractivity contribution in [3.63, 3.8) is 0 Å². The number of oxazole rings is 1. The van der Waals surface area contributed by atoms with Gasteiger partial charge in [0.25, 0.3) is 5.91 Å². The van der Waals surface area contributed by atoms with Gasteiger partial charge in [-0.1, -0.05) is 42.5 Å². The zero-order valence-electron chi connectivity index (χ0n) is 16.5. The molecule has 1 N–H and O–H groups in total. The van der Waals surface area contributed by atoms with Gasteiger partial charge in [0.15, 0.2) is 5.76 Å². The highest BCUT2D eigenvalue weighted by atomic mass is 16.4. The molecule has 0 radical (unpaired) electrons. The smallest absolute Gasteiger partial charge is 0.325 e. The molecule has 1 aliphatic heterocycles. The number of nitrogens with one attached hydrogen (secondary N) is 1. The predicted octanol–water partition coefficient (Wildman–Crippen LogP) is 2.28. The number of carbonyl (C=O) groups excluding carboxylic acids is 2. The first kappa shape index (κ1) is 18.7. The molecule has 0 unspecified atom stereocenters. The molecule has 31 heavy (non-hydrogen) atoms. The Morgan fingerprint density at radius 1 is 1.10 bits per heavy atom. The highest BCUT2D eigenvalue weighted by Crippen LogP contribution is 2.31. The first-order chi connectivity index (χ1) is 15.0. The zero-order chi connectivity index (χ0) is 21.4. The molecule has 1 atom stereocenters. The molecule has 2 aromatic carbocycles. The van der Waals surface area contributed by atoms with E-state index < -0.39 is 17.5 Å². The summed E-state index contributed by atoms with van der Waals surface area (Å²) in [6.45, 7) is 1.59. The number of benzene rings is 2. The summed E-state index contributed by atoms with van der Waals surface area (Å²) in [4.78, 5) is 31.2. The van der Waals surface area contributed by atoms with Crippen LogP contribution in [0.3, 0.4) is 0 Å². The number of carbonyl (C=O) groups is 2. The van der Waals surface area contributed by atoms with Crippen molar-refractivity contribution in [1.82, 2.24) is 35.4 Å². The minimum Gasteiger partial charge on any atom is -0.439 e. The van der Waals surface area contributed by atoms with Crippen LogP contribution in [-0.2, 0) is 16.9 Å². The van der Waals surface area contributed by atoms with Crippen molar-refractivity contribution in [2.24, 2.45) is 0 Å². The predicted molar refractivity (Wildman–Crippen MR) is 108 cm³/mol. The molecule has 0 spiro atoms. The third-order valence-electron chi connectivity index (χ3n) is 5.22. The van der Waals surface area contributed by atoms with Crippen LogP contribution in [0, 0.1) is 0 Å². The van der Waals surface area contributed by atoms with Gasteiger partial charge in [-0.2, -0.15) is 0 Å². The molecular weight excluding hydrogens is 398 g/mol. The molecule has 5 rings (SSSR count). The summed E-state index contributed by atoms with van der Waals surface area (Å²) in [5, 5.41) is 13.9. The molecule has 0 aliphatic carbocycles. The van der Waals surface area contributed by atoms with Crippen LogP contribution in [0.2, 0.25) is 0 Å². The number of imide groups is 1. The Hall–Kier alpha value is -4.34. The lowest BCUT2D eigenvalue weighted by atomic mass is 9.91. The molecule has 4 aromatic rings. The number of rotatable bonds is 5. The van der Waals surface area contributed by atoms with Gasteiger partial charge in [-0.25, -0.2) is 14.5 Å². The molecule has 1 fully saturated rings. The lowest BCUT2D eigenvalue weighted by Crippen LogP contribution is -2.40. The van der Waals surface area contributed by atoms with Gasteiger partial charge in [0, 0.05) is 5.56 Å². The van der Waals surface area contributed by atoms with Crippen LogP contribution in [0.25, 0.3) is 17.0 Å².